The van der Waals surface area contributed by atoms with E-state index >= 15 is 0 Å². The minimum atomic E-state index is -0.147. The van der Waals surface area contributed by atoms with Gasteiger partial charge in [-0.2, -0.15) is 0 Å². The molecule has 2 fully saturated rings. The van der Waals surface area contributed by atoms with Gasteiger partial charge in [-0.3, -0.25) is 0 Å². The standard InChI is InChI=1S/C15H18N2O2/c18-15-16-13(9-8-11-5-2-1-3-6-11)12-7-4-10-19-14(12)17-15/h1-3,5-6,8-9,12-14H,4,7,10H2,(H2,16,17,18)/b9-8+/t12-,13-,14-/m1/s1. The first kappa shape index (κ1) is 12.2. The van der Waals surface area contributed by atoms with Gasteiger partial charge >= 0.3 is 6.03 Å². The lowest BCUT2D eigenvalue weighted by atomic mass is 9.89. The molecule has 2 aliphatic rings. The number of nitrogens with one attached hydrogen (secondary N) is 2. The van der Waals surface area contributed by atoms with Crippen LogP contribution in [0.2, 0.25) is 0 Å². The monoisotopic (exact) mass is 258 g/mol. The zero-order valence-electron chi connectivity index (χ0n) is 10.7. The first-order valence-corrected chi connectivity index (χ1v) is 6.75. The van der Waals surface area contributed by atoms with Gasteiger partial charge < -0.3 is 15.4 Å². The van der Waals surface area contributed by atoms with Gasteiger partial charge in [0.05, 0.1) is 6.04 Å². The molecule has 19 heavy (non-hydrogen) atoms. The number of carbonyl (C=O) groups is 1. The van der Waals surface area contributed by atoms with Crippen molar-refractivity contribution in [1.29, 1.82) is 0 Å². The molecule has 4 nitrogen and oxygen atoms in total. The average molecular weight is 258 g/mol. The van der Waals surface area contributed by atoms with Crippen LogP contribution in [0.25, 0.3) is 6.08 Å². The summed E-state index contributed by atoms with van der Waals surface area (Å²) in [5, 5.41) is 5.81. The van der Waals surface area contributed by atoms with Crippen LogP contribution in [-0.2, 0) is 4.74 Å². The fourth-order valence-corrected chi connectivity index (χ4v) is 2.72. The van der Waals surface area contributed by atoms with Crippen LogP contribution >= 0.6 is 0 Å². The highest BCUT2D eigenvalue weighted by Gasteiger charge is 2.37. The Labute approximate surface area is 112 Å². The van der Waals surface area contributed by atoms with E-state index in [9.17, 15) is 4.79 Å². The van der Waals surface area contributed by atoms with Crippen molar-refractivity contribution >= 4 is 12.1 Å². The van der Waals surface area contributed by atoms with Crippen LogP contribution in [0.1, 0.15) is 18.4 Å². The van der Waals surface area contributed by atoms with Crippen LogP contribution in [0.5, 0.6) is 0 Å². The molecule has 0 unspecified atom stereocenters. The lowest BCUT2D eigenvalue weighted by Crippen LogP contribution is -2.61. The number of urea groups is 1. The molecular formula is C15H18N2O2. The van der Waals surface area contributed by atoms with Crippen molar-refractivity contribution in [2.75, 3.05) is 6.61 Å². The van der Waals surface area contributed by atoms with Crippen molar-refractivity contribution in [3.05, 3.63) is 42.0 Å². The molecule has 0 aromatic heterocycles. The lowest BCUT2D eigenvalue weighted by Gasteiger charge is -2.40. The molecule has 0 aliphatic carbocycles. The first-order valence-electron chi connectivity index (χ1n) is 6.75. The fourth-order valence-electron chi connectivity index (χ4n) is 2.72. The van der Waals surface area contributed by atoms with Gasteiger partial charge in [0.2, 0.25) is 0 Å². The van der Waals surface area contributed by atoms with Gasteiger partial charge in [0.25, 0.3) is 0 Å². The van der Waals surface area contributed by atoms with Crippen LogP contribution in [0.4, 0.5) is 4.79 Å². The quantitative estimate of drug-likeness (QED) is 0.854. The Morgan fingerprint density at radius 1 is 1.21 bits per heavy atom. The second-order valence-corrected chi connectivity index (χ2v) is 5.01. The largest absolute Gasteiger partial charge is 0.358 e. The van der Waals surface area contributed by atoms with Gasteiger partial charge in [0, 0.05) is 12.5 Å². The summed E-state index contributed by atoms with van der Waals surface area (Å²) in [5.41, 5.74) is 1.14. The van der Waals surface area contributed by atoms with E-state index in [0.29, 0.717) is 5.92 Å². The number of carbonyl (C=O) groups excluding carboxylic acids is 1. The molecule has 1 aromatic rings. The van der Waals surface area contributed by atoms with E-state index in [-0.39, 0.29) is 18.3 Å². The maximum Gasteiger partial charge on any atom is 0.317 e. The molecule has 0 saturated carbocycles. The zero-order chi connectivity index (χ0) is 13.1. The maximum absolute atomic E-state index is 11.6. The summed E-state index contributed by atoms with van der Waals surface area (Å²) in [6.07, 6.45) is 6.10. The molecular weight excluding hydrogens is 240 g/mol. The van der Waals surface area contributed by atoms with Crippen LogP contribution in [0.15, 0.2) is 36.4 Å². The van der Waals surface area contributed by atoms with Gasteiger partial charge in [0.1, 0.15) is 6.23 Å². The normalized spacial score (nSPS) is 30.5. The van der Waals surface area contributed by atoms with E-state index < -0.39 is 0 Å². The Hall–Kier alpha value is -1.81. The summed E-state index contributed by atoms with van der Waals surface area (Å²) in [6, 6.07) is 10.0. The molecule has 2 aliphatic heterocycles. The van der Waals surface area contributed by atoms with Gasteiger partial charge in [-0.05, 0) is 18.4 Å². The van der Waals surface area contributed by atoms with E-state index in [2.05, 4.69) is 22.8 Å². The van der Waals surface area contributed by atoms with E-state index in [1.807, 2.05) is 30.3 Å². The molecule has 0 radical (unpaired) electrons. The number of hydrogen-bond acceptors (Lipinski definition) is 2. The van der Waals surface area contributed by atoms with Crippen LogP contribution in [0.3, 0.4) is 0 Å². The third-order valence-corrected chi connectivity index (χ3v) is 3.70. The van der Waals surface area contributed by atoms with Crippen LogP contribution < -0.4 is 10.6 Å². The van der Waals surface area contributed by atoms with Crippen molar-refractivity contribution in [2.24, 2.45) is 5.92 Å². The molecule has 0 spiro atoms. The van der Waals surface area contributed by atoms with Gasteiger partial charge in [-0.1, -0.05) is 42.5 Å². The smallest absolute Gasteiger partial charge is 0.317 e. The Bertz CT molecular complexity index is 472. The summed E-state index contributed by atoms with van der Waals surface area (Å²) >= 11 is 0. The summed E-state index contributed by atoms with van der Waals surface area (Å²) in [7, 11) is 0. The molecule has 2 amide bonds. The molecule has 3 rings (SSSR count). The predicted molar refractivity (Wildman–Crippen MR) is 73.4 cm³/mol. The summed E-state index contributed by atoms with van der Waals surface area (Å²) in [6.45, 7) is 0.733. The minimum Gasteiger partial charge on any atom is -0.358 e. The minimum absolute atomic E-state index is 0.0410. The lowest BCUT2D eigenvalue weighted by molar-refractivity contribution is -0.0539. The summed E-state index contributed by atoms with van der Waals surface area (Å²) in [4.78, 5) is 11.6. The predicted octanol–water partition coefficient (Wildman–Crippen LogP) is 2.13. The summed E-state index contributed by atoms with van der Waals surface area (Å²) in [5.74, 6) is 0.311. The second kappa shape index (κ2) is 5.45. The van der Waals surface area contributed by atoms with Crippen molar-refractivity contribution in [3.8, 4) is 0 Å². The maximum atomic E-state index is 11.6. The third-order valence-electron chi connectivity index (χ3n) is 3.70. The molecule has 2 saturated heterocycles. The second-order valence-electron chi connectivity index (χ2n) is 5.01. The number of rotatable bonds is 2. The zero-order valence-corrected chi connectivity index (χ0v) is 10.7. The summed E-state index contributed by atoms with van der Waals surface area (Å²) < 4.78 is 5.63. The molecule has 2 heterocycles. The van der Waals surface area contributed by atoms with E-state index in [4.69, 9.17) is 4.74 Å². The Morgan fingerprint density at radius 3 is 2.89 bits per heavy atom. The van der Waals surface area contributed by atoms with E-state index in [1.54, 1.807) is 0 Å². The number of ether oxygens (including phenoxy) is 1. The van der Waals surface area contributed by atoms with Crippen molar-refractivity contribution < 1.29 is 9.53 Å². The molecule has 0 bridgehead atoms. The molecule has 4 heteroatoms. The van der Waals surface area contributed by atoms with Crippen molar-refractivity contribution in [3.63, 3.8) is 0 Å². The van der Waals surface area contributed by atoms with E-state index in [1.165, 1.54) is 0 Å². The molecule has 1 aromatic carbocycles. The number of fused-ring (bicyclic) bond motifs is 1. The van der Waals surface area contributed by atoms with Crippen LogP contribution in [-0.4, -0.2) is 24.9 Å². The highest BCUT2D eigenvalue weighted by molar-refractivity contribution is 5.76. The van der Waals surface area contributed by atoms with Gasteiger partial charge in [0.15, 0.2) is 0 Å². The molecule has 2 N–H and O–H groups in total. The SMILES string of the molecule is O=C1N[C@@H]2OCCC[C@@H]2[C@@H](/C=C/c2ccccc2)N1. The van der Waals surface area contributed by atoms with Gasteiger partial charge in [-0.25, -0.2) is 4.79 Å². The number of benzene rings is 1. The van der Waals surface area contributed by atoms with E-state index in [0.717, 1.165) is 25.0 Å². The Kier molecular flexibility index (Phi) is 3.51. The number of hydrogen-bond donors (Lipinski definition) is 2. The molecule has 100 valence electrons. The Balaban J connectivity index is 1.74. The average Bonchev–Trinajstić information content (AvgIpc) is 2.45. The number of amides is 2. The topological polar surface area (TPSA) is 50.4 Å². The first-order chi connectivity index (χ1) is 9.33. The Morgan fingerprint density at radius 2 is 2.05 bits per heavy atom. The van der Waals surface area contributed by atoms with Crippen molar-refractivity contribution in [2.45, 2.75) is 25.1 Å². The highest BCUT2D eigenvalue weighted by Crippen LogP contribution is 2.26. The fraction of sp³-hybridized carbons (Fsp3) is 0.400. The highest BCUT2D eigenvalue weighted by atomic mass is 16.5. The third kappa shape index (κ3) is 2.79. The van der Waals surface area contributed by atoms with Crippen molar-refractivity contribution in [1.82, 2.24) is 10.6 Å². The van der Waals surface area contributed by atoms with Crippen LogP contribution in [0, 0.1) is 5.92 Å². The molecule has 3 atom stereocenters. The van der Waals surface area contributed by atoms with Gasteiger partial charge in [-0.15, -0.1) is 0 Å².